The van der Waals surface area contributed by atoms with E-state index < -0.39 is 0 Å². The summed E-state index contributed by atoms with van der Waals surface area (Å²) in [5.74, 6) is 0. The molecule has 0 amide bonds. The van der Waals surface area contributed by atoms with Crippen molar-refractivity contribution in [2.24, 2.45) is 0 Å². The first kappa shape index (κ1) is 15.4. The number of hydrogen-bond donors (Lipinski definition) is 1. The fraction of sp³-hybridized carbons (Fsp3) is 0.400. The van der Waals surface area contributed by atoms with Crippen molar-refractivity contribution in [3.8, 4) is 0 Å². The molecule has 20 heavy (non-hydrogen) atoms. The van der Waals surface area contributed by atoms with Crippen LogP contribution in [0.25, 0.3) is 0 Å². The van der Waals surface area contributed by atoms with E-state index >= 15 is 0 Å². The highest BCUT2D eigenvalue weighted by Crippen LogP contribution is 2.21. The molecule has 0 aliphatic carbocycles. The lowest BCUT2D eigenvalue weighted by molar-refractivity contribution is 0.601. The van der Waals surface area contributed by atoms with Crippen LogP contribution in [0.3, 0.4) is 0 Å². The zero-order chi connectivity index (χ0) is 14.4. The maximum Gasteiger partial charge on any atom is 0.0948 e. The van der Waals surface area contributed by atoms with Gasteiger partial charge in [-0.25, -0.2) is 4.98 Å². The summed E-state index contributed by atoms with van der Waals surface area (Å²) in [6.45, 7) is 4.88. The van der Waals surface area contributed by atoms with E-state index in [0.29, 0.717) is 5.02 Å². The molecule has 108 valence electrons. The fourth-order valence-corrected chi connectivity index (χ4v) is 2.60. The molecule has 0 unspecified atom stereocenters. The number of benzene rings is 1. The van der Waals surface area contributed by atoms with Crippen LogP contribution in [-0.2, 0) is 19.5 Å². The number of nitrogens with one attached hydrogen (secondary N) is 1. The second kappa shape index (κ2) is 7.67. The van der Waals surface area contributed by atoms with Gasteiger partial charge in [-0.05, 0) is 37.1 Å². The molecule has 2 rings (SSSR count). The van der Waals surface area contributed by atoms with E-state index in [1.165, 1.54) is 5.69 Å². The van der Waals surface area contributed by atoms with Gasteiger partial charge in [-0.2, -0.15) is 0 Å². The third kappa shape index (κ3) is 4.23. The van der Waals surface area contributed by atoms with Crippen molar-refractivity contribution < 1.29 is 0 Å². The Morgan fingerprint density at radius 3 is 2.90 bits per heavy atom. The Bertz CT molecular complexity index is 552. The number of aryl methyl sites for hydroxylation is 1. The van der Waals surface area contributed by atoms with Crippen molar-refractivity contribution in [1.29, 1.82) is 0 Å². The van der Waals surface area contributed by atoms with Crippen LogP contribution in [-0.4, -0.2) is 16.1 Å². The normalized spacial score (nSPS) is 10.9. The second-order valence-electron chi connectivity index (χ2n) is 4.74. The van der Waals surface area contributed by atoms with Crippen LogP contribution < -0.4 is 5.32 Å². The van der Waals surface area contributed by atoms with Gasteiger partial charge in [-0.15, -0.1) is 0 Å². The molecule has 0 bridgehead atoms. The Morgan fingerprint density at radius 2 is 2.15 bits per heavy atom. The zero-order valence-corrected chi connectivity index (χ0v) is 13.1. The van der Waals surface area contributed by atoms with Gasteiger partial charge in [0.05, 0.1) is 12.0 Å². The Labute approximate surface area is 129 Å². The highest BCUT2D eigenvalue weighted by atomic mass is 35.5. The summed E-state index contributed by atoms with van der Waals surface area (Å²) in [4.78, 5) is 4.19. The molecular formula is C15H19Cl2N3. The van der Waals surface area contributed by atoms with Gasteiger partial charge in [0, 0.05) is 29.3 Å². The molecule has 0 aliphatic heterocycles. The number of hydrogen-bond acceptors (Lipinski definition) is 2. The number of halogens is 2. The molecule has 1 N–H and O–H groups in total. The topological polar surface area (TPSA) is 29.9 Å². The Morgan fingerprint density at radius 1 is 1.30 bits per heavy atom. The third-order valence-corrected chi connectivity index (χ3v) is 3.74. The van der Waals surface area contributed by atoms with E-state index in [2.05, 4.69) is 21.8 Å². The van der Waals surface area contributed by atoms with Gasteiger partial charge in [-0.1, -0.05) is 36.2 Å². The van der Waals surface area contributed by atoms with E-state index in [4.69, 9.17) is 23.2 Å². The summed E-state index contributed by atoms with van der Waals surface area (Å²) in [7, 11) is 0. The summed E-state index contributed by atoms with van der Waals surface area (Å²) in [5.41, 5.74) is 2.33. The summed E-state index contributed by atoms with van der Waals surface area (Å²) in [6.07, 6.45) is 5.80. The van der Waals surface area contributed by atoms with Gasteiger partial charge in [0.25, 0.3) is 0 Å². The van der Waals surface area contributed by atoms with Gasteiger partial charge < -0.3 is 9.88 Å². The molecule has 0 radical (unpaired) electrons. The Hall–Kier alpha value is -1.03. The molecule has 0 saturated carbocycles. The molecular weight excluding hydrogens is 293 g/mol. The van der Waals surface area contributed by atoms with Crippen LogP contribution in [0.4, 0.5) is 0 Å². The van der Waals surface area contributed by atoms with Gasteiger partial charge in [0.15, 0.2) is 0 Å². The quantitative estimate of drug-likeness (QED) is 0.785. The first-order chi connectivity index (χ1) is 9.70. The molecule has 0 saturated heterocycles. The minimum atomic E-state index is 0.676. The monoisotopic (exact) mass is 311 g/mol. The molecule has 0 aliphatic rings. The maximum atomic E-state index is 6.15. The minimum Gasteiger partial charge on any atom is -0.333 e. The molecule has 1 aromatic carbocycles. The number of rotatable bonds is 7. The van der Waals surface area contributed by atoms with Crippen molar-refractivity contribution in [2.75, 3.05) is 6.54 Å². The predicted molar refractivity (Wildman–Crippen MR) is 84.4 cm³/mol. The number of nitrogens with zero attached hydrogens (tertiary/aromatic N) is 2. The molecule has 0 spiro atoms. The van der Waals surface area contributed by atoms with Gasteiger partial charge in [-0.3, -0.25) is 0 Å². The van der Waals surface area contributed by atoms with E-state index in [9.17, 15) is 0 Å². The average Bonchev–Trinajstić information content (AvgIpc) is 2.85. The summed E-state index contributed by atoms with van der Waals surface area (Å²) < 4.78 is 2.18. The molecule has 2 aromatic rings. The fourth-order valence-electron chi connectivity index (χ4n) is 2.10. The van der Waals surface area contributed by atoms with Crippen molar-refractivity contribution in [3.05, 3.63) is 52.0 Å². The van der Waals surface area contributed by atoms with Crippen molar-refractivity contribution >= 4 is 23.2 Å². The standard InChI is InChI=1S/C15H19Cl2N3/c1-2-7-20-11-19-10-14(20)9-18-6-5-12-3-4-13(16)8-15(12)17/h3-4,8,10-11,18H,2,5-7,9H2,1H3. The second-order valence-corrected chi connectivity index (χ2v) is 5.58. The SMILES string of the molecule is CCCn1cncc1CNCCc1ccc(Cl)cc1Cl. The molecule has 1 aromatic heterocycles. The summed E-state index contributed by atoms with van der Waals surface area (Å²) in [6, 6.07) is 5.64. The van der Waals surface area contributed by atoms with Crippen LogP contribution in [0.2, 0.25) is 10.0 Å². The van der Waals surface area contributed by atoms with Crippen molar-refractivity contribution in [3.63, 3.8) is 0 Å². The van der Waals surface area contributed by atoms with E-state index in [0.717, 1.165) is 43.1 Å². The number of aromatic nitrogens is 2. The van der Waals surface area contributed by atoms with Gasteiger partial charge in [0.2, 0.25) is 0 Å². The summed E-state index contributed by atoms with van der Waals surface area (Å²) in [5, 5.41) is 4.83. The Balaban J connectivity index is 1.80. The van der Waals surface area contributed by atoms with Gasteiger partial charge in [0.1, 0.15) is 0 Å². The maximum absolute atomic E-state index is 6.15. The smallest absolute Gasteiger partial charge is 0.0948 e. The third-order valence-electron chi connectivity index (χ3n) is 3.16. The lowest BCUT2D eigenvalue weighted by Crippen LogP contribution is -2.19. The average molecular weight is 312 g/mol. The highest BCUT2D eigenvalue weighted by Gasteiger charge is 2.03. The van der Waals surface area contributed by atoms with Crippen LogP contribution in [0.1, 0.15) is 24.6 Å². The highest BCUT2D eigenvalue weighted by molar-refractivity contribution is 6.35. The van der Waals surface area contributed by atoms with Crippen LogP contribution >= 0.6 is 23.2 Å². The van der Waals surface area contributed by atoms with E-state index in [1.807, 2.05) is 24.7 Å². The van der Waals surface area contributed by atoms with Crippen molar-refractivity contribution in [1.82, 2.24) is 14.9 Å². The predicted octanol–water partition coefficient (Wildman–Crippen LogP) is 3.93. The van der Waals surface area contributed by atoms with E-state index in [-0.39, 0.29) is 0 Å². The van der Waals surface area contributed by atoms with Crippen LogP contribution in [0.5, 0.6) is 0 Å². The minimum absolute atomic E-state index is 0.676. The molecule has 1 heterocycles. The molecule has 5 heteroatoms. The zero-order valence-electron chi connectivity index (χ0n) is 11.6. The first-order valence-corrected chi connectivity index (χ1v) is 7.60. The summed E-state index contributed by atoms with van der Waals surface area (Å²) >= 11 is 12.0. The first-order valence-electron chi connectivity index (χ1n) is 6.84. The van der Waals surface area contributed by atoms with Crippen molar-refractivity contribution in [2.45, 2.75) is 32.9 Å². The van der Waals surface area contributed by atoms with Gasteiger partial charge >= 0.3 is 0 Å². The molecule has 3 nitrogen and oxygen atoms in total. The van der Waals surface area contributed by atoms with Crippen LogP contribution in [0.15, 0.2) is 30.7 Å². The largest absolute Gasteiger partial charge is 0.333 e. The lowest BCUT2D eigenvalue weighted by Gasteiger charge is -2.09. The lowest BCUT2D eigenvalue weighted by atomic mass is 10.1. The molecule has 0 fully saturated rings. The Kier molecular flexibility index (Phi) is 5.89. The van der Waals surface area contributed by atoms with Crippen LogP contribution in [0, 0.1) is 0 Å². The number of imidazole rings is 1. The van der Waals surface area contributed by atoms with E-state index in [1.54, 1.807) is 6.07 Å². The molecule has 0 atom stereocenters.